The van der Waals surface area contributed by atoms with E-state index in [0.29, 0.717) is 18.4 Å². The van der Waals surface area contributed by atoms with Crippen molar-refractivity contribution in [1.82, 2.24) is 9.62 Å². The molecule has 0 spiro atoms. The largest absolute Gasteiger partial charge is 0.316 e. The fourth-order valence-electron chi connectivity index (χ4n) is 2.97. The van der Waals surface area contributed by atoms with E-state index in [4.69, 9.17) is 5.26 Å². The van der Waals surface area contributed by atoms with Gasteiger partial charge in [-0.15, -0.1) is 0 Å². The van der Waals surface area contributed by atoms with Gasteiger partial charge in [0.25, 0.3) is 0 Å². The average molecular weight is 243 g/mol. The summed E-state index contributed by atoms with van der Waals surface area (Å²) >= 11 is 0. The molecule has 0 aliphatic carbocycles. The van der Waals surface area contributed by atoms with Crippen LogP contribution < -0.4 is 5.32 Å². The summed E-state index contributed by atoms with van der Waals surface area (Å²) in [6, 6.07) is 1.83. The molecule has 0 aromatic carbocycles. The number of nitrogens with one attached hydrogen (secondary N) is 1. The molecule has 3 atom stereocenters. The second-order valence-electron chi connectivity index (χ2n) is 4.54. The Bertz CT molecular complexity index is 401. The van der Waals surface area contributed by atoms with Gasteiger partial charge in [-0.3, -0.25) is 0 Å². The van der Waals surface area contributed by atoms with Gasteiger partial charge in [0.05, 0.1) is 6.07 Å². The molecule has 90 valence electrons. The molecule has 2 fully saturated rings. The minimum absolute atomic E-state index is 0.0818. The van der Waals surface area contributed by atoms with E-state index >= 15 is 0 Å². The average Bonchev–Trinajstić information content (AvgIpc) is 2.75. The van der Waals surface area contributed by atoms with Crippen LogP contribution in [0.15, 0.2) is 0 Å². The Morgan fingerprint density at radius 3 is 2.88 bits per heavy atom. The molecule has 2 rings (SSSR count). The van der Waals surface area contributed by atoms with E-state index in [1.165, 1.54) is 0 Å². The molecule has 0 saturated carbocycles. The first-order valence-corrected chi connectivity index (χ1v) is 7.28. The van der Waals surface area contributed by atoms with Gasteiger partial charge in [0, 0.05) is 12.6 Å². The topological polar surface area (TPSA) is 73.2 Å². The summed E-state index contributed by atoms with van der Waals surface area (Å²) in [6.45, 7) is 4.40. The third-order valence-electron chi connectivity index (χ3n) is 3.69. The van der Waals surface area contributed by atoms with Crippen LogP contribution in [0.3, 0.4) is 0 Å². The zero-order chi connectivity index (χ0) is 11.8. The number of sulfonamides is 1. The first kappa shape index (κ1) is 11.8. The van der Waals surface area contributed by atoms with Crippen LogP contribution in [0.1, 0.15) is 13.3 Å². The third kappa shape index (κ3) is 1.83. The second-order valence-corrected chi connectivity index (χ2v) is 6.46. The third-order valence-corrected chi connectivity index (χ3v) is 5.32. The second kappa shape index (κ2) is 4.32. The van der Waals surface area contributed by atoms with Crippen LogP contribution in [-0.4, -0.2) is 44.2 Å². The molecule has 0 bridgehead atoms. The van der Waals surface area contributed by atoms with Crippen molar-refractivity contribution in [2.75, 3.05) is 25.4 Å². The zero-order valence-corrected chi connectivity index (χ0v) is 10.2. The minimum Gasteiger partial charge on any atom is -0.316 e. The summed E-state index contributed by atoms with van der Waals surface area (Å²) in [5.74, 6) is 0.466. The van der Waals surface area contributed by atoms with Crippen molar-refractivity contribution in [3.05, 3.63) is 0 Å². The van der Waals surface area contributed by atoms with Crippen molar-refractivity contribution in [2.45, 2.75) is 19.4 Å². The molecule has 16 heavy (non-hydrogen) atoms. The minimum atomic E-state index is -3.37. The van der Waals surface area contributed by atoms with E-state index in [-0.39, 0.29) is 6.04 Å². The molecule has 0 radical (unpaired) electrons. The molecule has 6 heteroatoms. The number of fused-ring (bicyclic) bond motifs is 1. The Hall–Kier alpha value is -0.640. The maximum Gasteiger partial charge on any atom is 0.227 e. The van der Waals surface area contributed by atoms with Crippen molar-refractivity contribution in [1.29, 1.82) is 5.26 Å². The first-order valence-electron chi connectivity index (χ1n) is 5.67. The van der Waals surface area contributed by atoms with E-state index in [2.05, 4.69) is 5.32 Å². The van der Waals surface area contributed by atoms with E-state index in [1.807, 2.05) is 6.92 Å². The predicted octanol–water partition coefficient (Wildman–Crippen LogP) is -0.230. The molecule has 3 unspecified atom stereocenters. The van der Waals surface area contributed by atoms with Crippen molar-refractivity contribution in [3.63, 3.8) is 0 Å². The van der Waals surface area contributed by atoms with Gasteiger partial charge in [0.2, 0.25) is 10.0 Å². The van der Waals surface area contributed by atoms with Gasteiger partial charge in [-0.1, -0.05) is 6.92 Å². The fourth-order valence-corrected chi connectivity index (χ4v) is 4.44. The lowest BCUT2D eigenvalue weighted by Crippen LogP contribution is -2.40. The highest BCUT2D eigenvalue weighted by molar-refractivity contribution is 7.89. The van der Waals surface area contributed by atoms with Gasteiger partial charge in [0.1, 0.15) is 0 Å². The van der Waals surface area contributed by atoms with Gasteiger partial charge >= 0.3 is 0 Å². The number of nitriles is 1. The monoisotopic (exact) mass is 243 g/mol. The van der Waals surface area contributed by atoms with Gasteiger partial charge in [-0.2, -0.15) is 9.57 Å². The molecule has 5 nitrogen and oxygen atoms in total. The quantitative estimate of drug-likeness (QED) is 0.743. The fraction of sp³-hybridized carbons (Fsp3) is 0.900. The molecule has 2 saturated heterocycles. The van der Waals surface area contributed by atoms with Gasteiger partial charge in [-0.05, 0) is 31.3 Å². The summed E-state index contributed by atoms with van der Waals surface area (Å²) < 4.78 is 25.4. The molecule has 0 amide bonds. The standard InChI is InChI=1S/C10H17N3O2S/c1-2-10-9-6-12-5-8(9)7-13(10)16(14,15)4-3-11/h8-10,12H,2,4-7H2,1H3. The van der Waals surface area contributed by atoms with Gasteiger partial charge in [-0.25, -0.2) is 8.42 Å². The Labute approximate surface area is 96.5 Å². The number of hydrogen-bond acceptors (Lipinski definition) is 4. The normalized spacial score (nSPS) is 34.9. The summed E-state index contributed by atoms with van der Waals surface area (Å²) in [4.78, 5) is 0. The van der Waals surface area contributed by atoms with Crippen molar-refractivity contribution >= 4 is 10.0 Å². The molecule has 2 heterocycles. The van der Waals surface area contributed by atoms with Crippen LogP contribution in [0, 0.1) is 23.2 Å². The van der Waals surface area contributed by atoms with Crippen molar-refractivity contribution < 1.29 is 8.42 Å². The molecule has 1 N–H and O–H groups in total. The Balaban J connectivity index is 2.21. The van der Waals surface area contributed by atoms with E-state index in [9.17, 15) is 8.42 Å². The Morgan fingerprint density at radius 1 is 1.50 bits per heavy atom. The number of nitrogens with zero attached hydrogens (tertiary/aromatic N) is 2. The first-order chi connectivity index (χ1) is 7.60. The highest BCUT2D eigenvalue weighted by Crippen LogP contribution is 2.35. The summed E-state index contributed by atoms with van der Waals surface area (Å²) in [5, 5.41) is 11.9. The van der Waals surface area contributed by atoms with Crippen molar-refractivity contribution in [2.24, 2.45) is 11.8 Å². The van der Waals surface area contributed by atoms with Crippen LogP contribution in [0.4, 0.5) is 0 Å². The van der Waals surface area contributed by atoms with Gasteiger partial charge in [0.15, 0.2) is 5.75 Å². The van der Waals surface area contributed by atoms with Crippen LogP contribution in [0.2, 0.25) is 0 Å². The molecule has 0 aromatic heterocycles. The summed E-state index contributed by atoms with van der Waals surface area (Å²) in [7, 11) is -3.37. The molecule has 2 aliphatic heterocycles. The Morgan fingerprint density at radius 2 is 2.25 bits per heavy atom. The maximum atomic E-state index is 11.9. The maximum absolute atomic E-state index is 11.9. The van der Waals surface area contributed by atoms with Crippen LogP contribution in [0.25, 0.3) is 0 Å². The van der Waals surface area contributed by atoms with E-state index in [1.54, 1.807) is 10.4 Å². The van der Waals surface area contributed by atoms with Crippen LogP contribution >= 0.6 is 0 Å². The predicted molar refractivity (Wildman–Crippen MR) is 60.0 cm³/mol. The SMILES string of the molecule is CCC1C2CNCC2CN1S(=O)(=O)CC#N. The van der Waals surface area contributed by atoms with Crippen LogP contribution in [-0.2, 0) is 10.0 Å². The lowest BCUT2D eigenvalue weighted by molar-refractivity contribution is 0.330. The number of hydrogen-bond donors (Lipinski definition) is 1. The molecule has 2 aliphatic rings. The highest BCUT2D eigenvalue weighted by atomic mass is 32.2. The number of rotatable bonds is 3. The summed E-state index contributed by atoms with van der Waals surface area (Å²) in [5.41, 5.74) is 0. The van der Waals surface area contributed by atoms with Crippen molar-refractivity contribution in [3.8, 4) is 6.07 Å². The van der Waals surface area contributed by atoms with Crippen LogP contribution in [0.5, 0.6) is 0 Å². The Kier molecular flexibility index (Phi) is 3.19. The molecular weight excluding hydrogens is 226 g/mol. The van der Waals surface area contributed by atoms with Gasteiger partial charge < -0.3 is 5.32 Å². The summed E-state index contributed by atoms with van der Waals surface area (Å²) in [6.07, 6.45) is 0.827. The smallest absolute Gasteiger partial charge is 0.227 e. The highest BCUT2D eigenvalue weighted by Gasteiger charge is 2.47. The lowest BCUT2D eigenvalue weighted by Gasteiger charge is -2.25. The van der Waals surface area contributed by atoms with E-state index < -0.39 is 15.8 Å². The molecule has 0 aromatic rings. The lowest BCUT2D eigenvalue weighted by atomic mass is 9.93. The zero-order valence-electron chi connectivity index (χ0n) is 9.39. The molecular formula is C10H17N3O2S. The van der Waals surface area contributed by atoms with E-state index in [0.717, 1.165) is 19.5 Å².